The van der Waals surface area contributed by atoms with Crippen LogP contribution in [0.15, 0.2) is 18.2 Å². The lowest BCUT2D eigenvalue weighted by atomic mass is 9.96. The molecule has 1 nitrogen and oxygen atoms in total. The standard InChI is InChI=1S/C15H24O/c1-4-5-6-7-9-13-10-8-11-14(12(2)3)15(13)16/h8,10-12,16H,4-7,9H2,1-3H3. The molecule has 0 saturated heterocycles. The van der Waals surface area contributed by atoms with Crippen molar-refractivity contribution in [3.63, 3.8) is 0 Å². The van der Waals surface area contributed by atoms with E-state index >= 15 is 0 Å². The summed E-state index contributed by atoms with van der Waals surface area (Å²) in [7, 11) is 0. The van der Waals surface area contributed by atoms with E-state index in [1.165, 1.54) is 25.7 Å². The van der Waals surface area contributed by atoms with Crippen molar-refractivity contribution in [1.29, 1.82) is 0 Å². The molecule has 1 aromatic carbocycles. The first-order valence-corrected chi connectivity index (χ1v) is 6.47. The molecule has 1 heteroatoms. The maximum atomic E-state index is 10.1. The molecule has 16 heavy (non-hydrogen) atoms. The first-order valence-electron chi connectivity index (χ1n) is 6.47. The number of aromatic hydroxyl groups is 1. The van der Waals surface area contributed by atoms with Gasteiger partial charge in [0.15, 0.2) is 0 Å². The van der Waals surface area contributed by atoms with Crippen molar-refractivity contribution in [3.8, 4) is 5.75 Å². The van der Waals surface area contributed by atoms with E-state index in [4.69, 9.17) is 0 Å². The first kappa shape index (κ1) is 13.1. The first-order chi connectivity index (χ1) is 7.66. The van der Waals surface area contributed by atoms with Gasteiger partial charge >= 0.3 is 0 Å². The van der Waals surface area contributed by atoms with E-state index in [0.717, 1.165) is 17.5 Å². The average Bonchev–Trinajstić information content (AvgIpc) is 2.26. The van der Waals surface area contributed by atoms with Crippen LogP contribution in [-0.2, 0) is 6.42 Å². The Morgan fingerprint density at radius 3 is 2.50 bits per heavy atom. The van der Waals surface area contributed by atoms with Crippen LogP contribution in [0, 0.1) is 0 Å². The lowest BCUT2D eigenvalue weighted by Crippen LogP contribution is -1.93. The van der Waals surface area contributed by atoms with Gasteiger partial charge in [-0.1, -0.05) is 58.2 Å². The third kappa shape index (κ3) is 3.55. The summed E-state index contributed by atoms with van der Waals surface area (Å²) in [5, 5.41) is 10.1. The van der Waals surface area contributed by atoms with Crippen molar-refractivity contribution in [1.82, 2.24) is 0 Å². The summed E-state index contributed by atoms with van der Waals surface area (Å²) >= 11 is 0. The zero-order valence-corrected chi connectivity index (χ0v) is 10.8. The summed E-state index contributed by atoms with van der Waals surface area (Å²) in [5.41, 5.74) is 2.19. The third-order valence-corrected chi connectivity index (χ3v) is 3.07. The zero-order valence-electron chi connectivity index (χ0n) is 10.8. The average molecular weight is 220 g/mol. The monoisotopic (exact) mass is 220 g/mol. The Bertz CT molecular complexity index is 315. The van der Waals surface area contributed by atoms with Crippen LogP contribution in [0.25, 0.3) is 0 Å². The van der Waals surface area contributed by atoms with Gasteiger partial charge in [-0.05, 0) is 29.9 Å². The Morgan fingerprint density at radius 2 is 1.88 bits per heavy atom. The molecular formula is C15H24O. The molecule has 0 aliphatic rings. The molecule has 0 bridgehead atoms. The third-order valence-electron chi connectivity index (χ3n) is 3.07. The Kier molecular flexibility index (Phi) is 5.37. The van der Waals surface area contributed by atoms with Crippen molar-refractivity contribution in [2.75, 3.05) is 0 Å². The maximum absolute atomic E-state index is 10.1. The van der Waals surface area contributed by atoms with Gasteiger partial charge in [0.05, 0.1) is 0 Å². The number of hydrogen-bond acceptors (Lipinski definition) is 1. The molecule has 1 rings (SSSR count). The molecule has 1 N–H and O–H groups in total. The van der Waals surface area contributed by atoms with Gasteiger partial charge in [0.1, 0.15) is 5.75 Å². The number of aryl methyl sites for hydroxylation is 1. The fourth-order valence-corrected chi connectivity index (χ4v) is 2.02. The highest BCUT2D eigenvalue weighted by Gasteiger charge is 2.09. The van der Waals surface area contributed by atoms with Gasteiger partial charge in [-0.25, -0.2) is 0 Å². The maximum Gasteiger partial charge on any atom is 0.122 e. The van der Waals surface area contributed by atoms with E-state index in [-0.39, 0.29) is 0 Å². The molecule has 0 aliphatic heterocycles. The molecule has 90 valence electrons. The lowest BCUT2D eigenvalue weighted by Gasteiger charge is -2.12. The Balaban J connectivity index is 2.62. The van der Waals surface area contributed by atoms with Crippen molar-refractivity contribution < 1.29 is 5.11 Å². The van der Waals surface area contributed by atoms with Crippen LogP contribution in [0.2, 0.25) is 0 Å². The minimum absolute atomic E-state index is 0.399. The van der Waals surface area contributed by atoms with E-state index in [9.17, 15) is 5.11 Å². The molecule has 1 aromatic rings. The largest absolute Gasteiger partial charge is 0.507 e. The predicted molar refractivity (Wildman–Crippen MR) is 70.0 cm³/mol. The summed E-state index contributed by atoms with van der Waals surface area (Å²) < 4.78 is 0. The van der Waals surface area contributed by atoms with Crippen LogP contribution in [-0.4, -0.2) is 5.11 Å². The van der Waals surface area contributed by atoms with Crippen LogP contribution in [0.3, 0.4) is 0 Å². The van der Waals surface area contributed by atoms with Gasteiger partial charge in [0.2, 0.25) is 0 Å². The molecule has 0 aliphatic carbocycles. The van der Waals surface area contributed by atoms with E-state index in [1.807, 2.05) is 12.1 Å². The second-order valence-electron chi connectivity index (χ2n) is 4.82. The molecule has 0 saturated carbocycles. The number of phenolic OH excluding ortho intramolecular Hbond substituents is 1. The van der Waals surface area contributed by atoms with Gasteiger partial charge in [-0.3, -0.25) is 0 Å². The van der Waals surface area contributed by atoms with Crippen molar-refractivity contribution in [3.05, 3.63) is 29.3 Å². The van der Waals surface area contributed by atoms with Crippen molar-refractivity contribution in [2.24, 2.45) is 0 Å². The Hall–Kier alpha value is -0.980. The summed E-state index contributed by atoms with van der Waals surface area (Å²) in [4.78, 5) is 0. The Labute approximate surface area is 99.5 Å². The van der Waals surface area contributed by atoms with Crippen LogP contribution in [0.1, 0.15) is 63.5 Å². The smallest absolute Gasteiger partial charge is 0.122 e. The van der Waals surface area contributed by atoms with E-state index < -0.39 is 0 Å². The SMILES string of the molecule is CCCCCCc1cccc(C(C)C)c1O. The molecular weight excluding hydrogens is 196 g/mol. The summed E-state index contributed by atoms with van der Waals surface area (Å²) in [6.07, 6.45) is 6.01. The van der Waals surface area contributed by atoms with E-state index in [2.05, 4.69) is 26.8 Å². The summed E-state index contributed by atoms with van der Waals surface area (Å²) in [6.45, 7) is 6.46. The molecule has 0 atom stereocenters. The van der Waals surface area contributed by atoms with Crippen LogP contribution < -0.4 is 0 Å². The second kappa shape index (κ2) is 6.57. The molecule has 0 radical (unpaired) electrons. The summed E-state index contributed by atoms with van der Waals surface area (Å²) in [5.74, 6) is 0.921. The Morgan fingerprint density at radius 1 is 1.12 bits per heavy atom. The van der Waals surface area contributed by atoms with Crippen LogP contribution in [0.5, 0.6) is 5.75 Å². The molecule has 0 fully saturated rings. The highest BCUT2D eigenvalue weighted by atomic mass is 16.3. The van der Waals surface area contributed by atoms with Gasteiger partial charge in [-0.15, -0.1) is 0 Å². The number of hydrogen-bond donors (Lipinski definition) is 1. The number of unbranched alkanes of at least 4 members (excludes halogenated alkanes) is 3. The minimum atomic E-state index is 0.399. The van der Waals surface area contributed by atoms with Crippen molar-refractivity contribution >= 4 is 0 Å². The number of benzene rings is 1. The minimum Gasteiger partial charge on any atom is -0.507 e. The number of rotatable bonds is 6. The quantitative estimate of drug-likeness (QED) is 0.692. The molecule has 0 amide bonds. The highest BCUT2D eigenvalue weighted by Crippen LogP contribution is 2.29. The highest BCUT2D eigenvalue weighted by molar-refractivity contribution is 5.42. The number of para-hydroxylation sites is 1. The van der Waals surface area contributed by atoms with Gasteiger partial charge in [0.25, 0.3) is 0 Å². The van der Waals surface area contributed by atoms with Crippen LogP contribution >= 0.6 is 0 Å². The lowest BCUT2D eigenvalue weighted by molar-refractivity contribution is 0.456. The summed E-state index contributed by atoms with van der Waals surface area (Å²) in [6, 6.07) is 6.13. The van der Waals surface area contributed by atoms with E-state index in [1.54, 1.807) is 0 Å². The molecule has 0 aromatic heterocycles. The zero-order chi connectivity index (χ0) is 12.0. The van der Waals surface area contributed by atoms with Crippen molar-refractivity contribution in [2.45, 2.75) is 58.8 Å². The molecule has 0 heterocycles. The molecule has 0 spiro atoms. The van der Waals surface area contributed by atoms with Crippen LogP contribution in [0.4, 0.5) is 0 Å². The second-order valence-corrected chi connectivity index (χ2v) is 4.82. The predicted octanol–water partition coefficient (Wildman–Crippen LogP) is 4.64. The fraction of sp³-hybridized carbons (Fsp3) is 0.600. The number of phenols is 1. The van der Waals surface area contributed by atoms with Gasteiger partial charge < -0.3 is 5.11 Å². The molecule has 0 unspecified atom stereocenters. The fourth-order valence-electron chi connectivity index (χ4n) is 2.02. The normalized spacial score (nSPS) is 11.0. The van der Waals surface area contributed by atoms with Gasteiger partial charge in [0, 0.05) is 0 Å². The topological polar surface area (TPSA) is 20.2 Å². The van der Waals surface area contributed by atoms with Gasteiger partial charge in [-0.2, -0.15) is 0 Å². The van der Waals surface area contributed by atoms with E-state index in [0.29, 0.717) is 11.7 Å².